The first-order valence-electron chi connectivity index (χ1n) is 5.68. The van der Waals surface area contributed by atoms with Crippen molar-refractivity contribution in [2.45, 2.75) is 4.90 Å². The van der Waals surface area contributed by atoms with Crippen LogP contribution >= 0.6 is 45.2 Å². The first kappa shape index (κ1) is 15.8. The van der Waals surface area contributed by atoms with Crippen LogP contribution in [0.4, 0.5) is 0 Å². The molecule has 0 unspecified atom stereocenters. The third kappa shape index (κ3) is 3.00. The van der Waals surface area contributed by atoms with Crippen LogP contribution < -0.4 is 0 Å². The summed E-state index contributed by atoms with van der Waals surface area (Å²) < 4.78 is 28.2. The van der Waals surface area contributed by atoms with Crippen LogP contribution in [-0.2, 0) is 9.05 Å². The lowest BCUT2D eigenvalue weighted by Gasteiger charge is -2.04. The SMILES string of the molecule is O=S(=O)(Cl)c1cc(-c2nc(-c3cccs3)no2)c(Cl)cc1Cl. The molecule has 0 N–H and O–H groups in total. The van der Waals surface area contributed by atoms with Gasteiger partial charge in [0, 0.05) is 10.7 Å². The fraction of sp³-hybridized carbons (Fsp3) is 0. The Labute approximate surface area is 143 Å². The second kappa shape index (κ2) is 5.82. The van der Waals surface area contributed by atoms with Crippen LogP contribution in [-0.4, -0.2) is 18.6 Å². The van der Waals surface area contributed by atoms with Crippen molar-refractivity contribution in [1.82, 2.24) is 10.1 Å². The number of rotatable bonds is 3. The van der Waals surface area contributed by atoms with Gasteiger partial charge < -0.3 is 4.52 Å². The van der Waals surface area contributed by atoms with Gasteiger partial charge in [-0.05, 0) is 23.6 Å². The molecule has 5 nitrogen and oxygen atoms in total. The van der Waals surface area contributed by atoms with E-state index in [1.54, 1.807) is 0 Å². The molecular formula is C12H5Cl3N2O3S2. The molecule has 3 rings (SSSR count). The van der Waals surface area contributed by atoms with E-state index in [1.165, 1.54) is 23.5 Å². The van der Waals surface area contributed by atoms with Crippen LogP contribution in [0.1, 0.15) is 0 Å². The Morgan fingerprint density at radius 2 is 1.95 bits per heavy atom. The molecule has 0 aliphatic rings. The lowest BCUT2D eigenvalue weighted by Crippen LogP contribution is -1.94. The van der Waals surface area contributed by atoms with Crippen molar-refractivity contribution in [1.29, 1.82) is 0 Å². The Kier molecular flexibility index (Phi) is 4.17. The van der Waals surface area contributed by atoms with E-state index in [9.17, 15) is 8.42 Å². The van der Waals surface area contributed by atoms with Gasteiger partial charge in [-0.1, -0.05) is 34.4 Å². The topological polar surface area (TPSA) is 73.1 Å². The Balaban J connectivity index is 2.13. The quantitative estimate of drug-likeness (QED) is 0.601. The standard InChI is InChI=1S/C12H5Cl3N2O3S2/c13-7-5-8(14)10(22(15,18)19)4-6(7)12-16-11(17-20-12)9-2-1-3-21-9/h1-5H. The molecule has 0 radical (unpaired) electrons. The van der Waals surface area contributed by atoms with Crippen molar-refractivity contribution < 1.29 is 12.9 Å². The van der Waals surface area contributed by atoms with Crippen LogP contribution in [0.5, 0.6) is 0 Å². The van der Waals surface area contributed by atoms with E-state index in [0.717, 1.165) is 4.88 Å². The summed E-state index contributed by atoms with van der Waals surface area (Å²) in [5.41, 5.74) is 0.237. The molecule has 3 aromatic rings. The maximum Gasteiger partial charge on any atom is 0.262 e. The number of aromatic nitrogens is 2. The molecule has 0 saturated carbocycles. The van der Waals surface area contributed by atoms with Gasteiger partial charge in [-0.15, -0.1) is 11.3 Å². The number of benzene rings is 1. The maximum atomic E-state index is 11.5. The third-order valence-corrected chi connectivity index (χ3v) is 5.65. The Hall–Kier alpha value is -1.12. The van der Waals surface area contributed by atoms with E-state index in [2.05, 4.69) is 10.1 Å². The van der Waals surface area contributed by atoms with Crippen molar-refractivity contribution in [3.63, 3.8) is 0 Å². The zero-order valence-electron chi connectivity index (χ0n) is 10.5. The second-order valence-electron chi connectivity index (χ2n) is 4.10. The van der Waals surface area contributed by atoms with Gasteiger partial charge in [-0.3, -0.25) is 0 Å². The summed E-state index contributed by atoms with van der Waals surface area (Å²) in [6, 6.07) is 6.16. The molecule has 10 heteroatoms. The van der Waals surface area contributed by atoms with E-state index < -0.39 is 9.05 Å². The number of hydrogen-bond donors (Lipinski definition) is 0. The third-order valence-electron chi connectivity index (χ3n) is 2.68. The predicted octanol–water partition coefficient (Wildman–Crippen LogP) is 4.70. The van der Waals surface area contributed by atoms with Gasteiger partial charge in [0.1, 0.15) is 4.90 Å². The monoisotopic (exact) mass is 394 g/mol. The second-order valence-corrected chi connectivity index (χ2v) is 8.40. The number of thiophene rings is 1. The first-order valence-corrected chi connectivity index (χ1v) is 9.62. The van der Waals surface area contributed by atoms with Crippen molar-refractivity contribution in [2.24, 2.45) is 0 Å². The Bertz CT molecular complexity index is 937. The van der Waals surface area contributed by atoms with Crippen LogP contribution in [0.3, 0.4) is 0 Å². The molecule has 0 amide bonds. The summed E-state index contributed by atoms with van der Waals surface area (Å²) in [5.74, 6) is 0.456. The van der Waals surface area contributed by atoms with Gasteiger partial charge in [0.05, 0.1) is 20.5 Å². The zero-order valence-corrected chi connectivity index (χ0v) is 14.4. The predicted molar refractivity (Wildman–Crippen MR) is 86.1 cm³/mol. The summed E-state index contributed by atoms with van der Waals surface area (Å²) in [6.45, 7) is 0. The van der Waals surface area contributed by atoms with Crippen LogP contribution in [0, 0.1) is 0 Å². The van der Waals surface area contributed by atoms with E-state index in [1.807, 2.05) is 17.5 Å². The molecule has 0 bridgehead atoms. The summed E-state index contributed by atoms with van der Waals surface area (Å²) in [5, 5.41) is 5.81. The minimum atomic E-state index is -4.02. The maximum absolute atomic E-state index is 11.5. The fourth-order valence-electron chi connectivity index (χ4n) is 1.72. The van der Waals surface area contributed by atoms with E-state index in [-0.39, 0.29) is 26.4 Å². The Morgan fingerprint density at radius 1 is 1.18 bits per heavy atom. The van der Waals surface area contributed by atoms with Crippen LogP contribution in [0.2, 0.25) is 10.0 Å². The lowest BCUT2D eigenvalue weighted by atomic mass is 10.2. The Morgan fingerprint density at radius 3 is 2.59 bits per heavy atom. The summed E-state index contributed by atoms with van der Waals surface area (Å²) in [4.78, 5) is 4.74. The van der Waals surface area contributed by atoms with Crippen molar-refractivity contribution in [3.8, 4) is 22.2 Å². The molecule has 1 aromatic carbocycles. The van der Waals surface area contributed by atoms with Crippen LogP contribution in [0.25, 0.3) is 22.2 Å². The molecule has 0 saturated heterocycles. The van der Waals surface area contributed by atoms with Crippen molar-refractivity contribution >= 4 is 54.3 Å². The molecular weight excluding hydrogens is 391 g/mol. The minimum Gasteiger partial charge on any atom is -0.334 e. The average molecular weight is 396 g/mol. The number of hydrogen-bond acceptors (Lipinski definition) is 6. The van der Waals surface area contributed by atoms with Gasteiger partial charge in [-0.25, -0.2) is 8.42 Å². The summed E-state index contributed by atoms with van der Waals surface area (Å²) >= 11 is 13.4. The molecule has 0 fully saturated rings. The highest BCUT2D eigenvalue weighted by Crippen LogP contribution is 2.36. The molecule has 2 heterocycles. The minimum absolute atomic E-state index is 0.0756. The summed E-state index contributed by atoms with van der Waals surface area (Å²) in [6.07, 6.45) is 0. The highest BCUT2D eigenvalue weighted by Gasteiger charge is 2.21. The summed E-state index contributed by atoms with van der Waals surface area (Å²) in [7, 11) is 1.32. The van der Waals surface area contributed by atoms with E-state index in [0.29, 0.717) is 5.82 Å². The molecule has 114 valence electrons. The molecule has 0 atom stereocenters. The largest absolute Gasteiger partial charge is 0.334 e. The number of halogens is 3. The van der Waals surface area contributed by atoms with Gasteiger partial charge in [-0.2, -0.15) is 4.98 Å². The van der Waals surface area contributed by atoms with E-state index >= 15 is 0 Å². The molecule has 2 aromatic heterocycles. The molecule has 22 heavy (non-hydrogen) atoms. The lowest BCUT2D eigenvalue weighted by molar-refractivity contribution is 0.432. The normalized spacial score (nSPS) is 11.8. The van der Waals surface area contributed by atoms with Gasteiger partial charge in [0.25, 0.3) is 14.9 Å². The molecule has 0 aliphatic heterocycles. The van der Waals surface area contributed by atoms with E-state index in [4.69, 9.17) is 38.4 Å². The van der Waals surface area contributed by atoms with Gasteiger partial charge in [0.2, 0.25) is 5.82 Å². The highest BCUT2D eigenvalue weighted by atomic mass is 35.7. The van der Waals surface area contributed by atoms with Crippen LogP contribution in [0.15, 0.2) is 39.1 Å². The number of nitrogens with zero attached hydrogens (tertiary/aromatic N) is 2. The molecule has 0 aliphatic carbocycles. The van der Waals surface area contributed by atoms with Crippen molar-refractivity contribution in [2.75, 3.05) is 0 Å². The van der Waals surface area contributed by atoms with Gasteiger partial charge >= 0.3 is 0 Å². The first-order chi connectivity index (χ1) is 10.4. The zero-order chi connectivity index (χ0) is 15.9. The highest BCUT2D eigenvalue weighted by molar-refractivity contribution is 8.13. The average Bonchev–Trinajstić information content (AvgIpc) is 3.08. The fourth-order valence-corrected chi connectivity index (χ4v) is 4.19. The smallest absolute Gasteiger partial charge is 0.262 e. The molecule has 0 spiro atoms. The van der Waals surface area contributed by atoms with Crippen molar-refractivity contribution in [3.05, 3.63) is 39.7 Å². The van der Waals surface area contributed by atoms with Gasteiger partial charge in [0.15, 0.2) is 0 Å².